The number of thiophene rings is 1. The Hall–Kier alpha value is -1.24. The summed E-state index contributed by atoms with van der Waals surface area (Å²) in [5.74, 6) is -0.373. The van der Waals surface area contributed by atoms with Crippen LogP contribution in [0.1, 0.15) is 25.9 Å². The molecule has 2 heterocycles. The molecular weight excluding hydrogens is 254 g/mol. The minimum atomic E-state index is -0.373. The van der Waals surface area contributed by atoms with Crippen molar-refractivity contribution in [2.45, 2.75) is 20.0 Å². The molecule has 0 fully saturated rings. The standard InChI is InChI=1S/C11H13N3OS2/c1-7-14-9(6-16-7)3-13-4-10-2-8(5-17-10)11(12)15/h2,5-6,13H,3-4H2,1H3,(H2,12,15). The summed E-state index contributed by atoms with van der Waals surface area (Å²) in [7, 11) is 0. The first-order valence-electron chi connectivity index (χ1n) is 5.14. The predicted molar refractivity (Wildman–Crippen MR) is 70.2 cm³/mol. The molecule has 6 heteroatoms. The van der Waals surface area contributed by atoms with Crippen LogP contribution in [0.15, 0.2) is 16.8 Å². The van der Waals surface area contributed by atoms with E-state index < -0.39 is 0 Å². The predicted octanol–water partition coefficient (Wildman–Crippen LogP) is 1.90. The zero-order chi connectivity index (χ0) is 12.3. The maximum atomic E-state index is 10.9. The molecule has 0 aromatic carbocycles. The lowest BCUT2D eigenvalue weighted by atomic mass is 10.3. The number of aromatic nitrogens is 1. The van der Waals surface area contributed by atoms with Gasteiger partial charge >= 0.3 is 0 Å². The number of nitrogens with one attached hydrogen (secondary N) is 1. The first kappa shape index (κ1) is 12.2. The van der Waals surface area contributed by atoms with Crippen LogP contribution >= 0.6 is 22.7 Å². The molecule has 0 aliphatic heterocycles. The molecule has 2 aromatic rings. The van der Waals surface area contributed by atoms with Crippen molar-refractivity contribution >= 4 is 28.6 Å². The quantitative estimate of drug-likeness (QED) is 0.869. The molecule has 3 N–H and O–H groups in total. The number of amides is 1. The molecule has 0 aliphatic rings. The zero-order valence-electron chi connectivity index (χ0n) is 9.40. The number of nitrogens with two attached hydrogens (primary N) is 1. The fourth-order valence-corrected chi connectivity index (χ4v) is 2.86. The Labute approximate surface area is 107 Å². The van der Waals surface area contributed by atoms with Gasteiger partial charge in [0, 0.05) is 28.7 Å². The van der Waals surface area contributed by atoms with Gasteiger partial charge in [0.15, 0.2) is 0 Å². The second-order valence-corrected chi connectivity index (χ2v) is 5.69. The van der Waals surface area contributed by atoms with Crippen LogP contribution in [0, 0.1) is 6.92 Å². The van der Waals surface area contributed by atoms with Crippen molar-refractivity contribution in [3.05, 3.63) is 38.0 Å². The highest BCUT2D eigenvalue weighted by Gasteiger charge is 2.04. The summed E-state index contributed by atoms with van der Waals surface area (Å²) < 4.78 is 0. The highest BCUT2D eigenvalue weighted by molar-refractivity contribution is 7.10. The Morgan fingerprint density at radius 1 is 1.41 bits per heavy atom. The van der Waals surface area contributed by atoms with E-state index in [-0.39, 0.29) is 5.91 Å². The molecule has 90 valence electrons. The van der Waals surface area contributed by atoms with Crippen LogP contribution < -0.4 is 11.1 Å². The van der Waals surface area contributed by atoms with Crippen LogP contribution in [0.3, 0.4) is 0 Å². The summed E-state index contributed by atoms with van der Waals surface area (Å²) in [4.78, 5) is 16.4. The second kappa shape index (κ2) is 5.39. The summed E-state index contributed by atoms with van der Waals surface area (Å²) in [5, 5.41) is 8.20. The van der Waals surface area contributed by atoms with Gasteiger partial charge in [-0.25, -0.2) is 4.98 Å². The van der Waals surface area contributed by atoms with Gasteiger partial charge in [-0.2, -0.15) is 0 Å². The number of hydrogen-bond acceptors (Lipinski definition) is 5. The molecule has 0 radical (unpaired) electrons. The van der Waals surface area contributed by atoms with Crippen molar-refractivity contribution in [3.8, 4) is 0 Å². The smallest absolute Gasteiger partial charge is 0.249 e. The average Bonchev–Trinajstić information content (AvgIpc) is 2.88. The molecule has 2 aromatic heterocycles. The fourth-order valence-electron chi connectivity index (χ4n) is 1.41. The molecule has 0 saturated heterocycles. The third-order valence-corrected chi connectivity index (χ3v) is 3.97. The van der Waals surface area contributed by atoms with E-state index in [1.54, 1.807) is 16.7 Å². The lowest BCUT2D eigenvalue weighted by molar-refractivity contribution is 0.100. The molecule has 1 amide bonds. The van der Waals surface area contributed by atoms with Crippen molar-refractivity contribution in [3.63, 3.8) is 0 Å². The van der Waals surface area contributed by atoms with Gasteiger partial charge in [-0.05, 0) is 13.0 Å². The number of aryl methyl sites for hydroxylation is 1. The summed E-state index contributed by atoms with van der Waals surface area (Å²) in [6, 6.07) is 1.83. The van der Waals surface area contributed by atoms with Crippen molar-refractivity contribution < 1.29 is 4.79 Å². The third-order valence-electron chi connectivity index (χ3n) is 2.21. The van der Waals surface area contributed by atoms with Gasteiger partial charge in [0.1, 0.15) is 0 Å². The van der Waals surface area contributed by atoms with Crippen molar-refractivity contribution in [2.24, 2.45) is 5.73 Å². The van der Waals surface area contributed by atoms with Gasteiger partial charge in [0.2, 0.25) is 5.91 Å². The van der Waals surface area contributed by atoms with Gasteiger partial charge in [-0.3, -0.25) is 4.79 Å². The monoisotopic (exact) mass is 267 g/mol. The molecule has 0 unspecified atom stereocenters. The molecule has 0 saturated carbocycles. The van der Waals surface area contributed by atoms with E-state index in [2.05, 4.69) is 10.3 Å². The molecule has 17 heavy (non-hydrogen) atoms. The Kier molecular flexibility index (Phi) is 3.88. The molecule has 0 bridgehead atoms. The number of carbonyl (C=O) groups is 1. The van der Waals surface area contributed by atoms with E-state index in [0.29, 0.717) is 5.56 Å². The second-order valence-electron chi connectivity index (χ2n) is 3.63. The van der Waals surface area contributed by atoms with Crippen LogP contribution in [0.25, 0.3) is 0 Å². The van der Waals surface area contributed by atoms with E-state index in [9.17, 15) is 4.79 Å². The van der Waals surface area contributed by atoms with E-state index >= 15 is 0 Å². The van der Waals surface area contributed by atoms with E-state index in [4.69, 9.17) is 5.73 Å². The maximum Gasteiger partial charge on any atom is 0.249 e. The molecule has 0 spiro atoms. The average molecular weight is 267 g/mol. The van der Waals surface area contributed by atoms with Crippen LogP contribution in [-0.4, -0.2) is 10.9 Å². The van der Waals surface area contributed by atoms with E-state index in [1.807, 2.05) is 18.4 Å². The Morgan fingerprint density at radius 2 is 2.24 bits per heavy atom. The first-order valence-corrected chi connectivity index (χ1v) is 6.90. The van der Waals surface area contributed by atoms with Gasteiger partial charge in [-0.1, -0.05) is 0 Å². The van der Waals surface area contributed by atoms with Gasteiger partial charge < -0.3 is 11.1 Å². The van der Waals surface area contributed by atoms with Gasteiger partial charge in [-0.15, -0.1) is 22.7 Å². The van der Waals surface area contributed by atoms with Crippen molar-refractivity contribution in [1.29, 1.82) is 0 Å². The Balaban J connectivity index is 1.83. The molecule has 0 atom stereocenters. The van der Waals surface area contributed by atoms with Crippen LogP contribution in [0.5, 0.6) is 0 Å². The number of primary amides is 1. The number of thiazole rings is 1. The molecule has 4 nitrogen and oxygen atoms in total. The maximum absolute atomic E-state index is 10.9. The summed E-state index contributed by atoms with van der Waals surface area (Å²) in [6.45, 7) is 3.47. The van der Waals surface area contributed by atoms with E-state index in [0.717, 1.165) is 28.7 Å². The van der Waals surface area contributed by atoms with Gasteiger partial charge in [0.25, 0.3) is 0 Å². The third kappa shape index (κ3) is 3.36. The molecule has 0 aliphatic carbocycles. The first-order chi connectivity index (χ1) is 8.15. The zero-order valence-corrected chi connectivity index (χ0v) is 11.0. The molecule has 2 rings (SSSR count). The van der Waals surface area contributed by atoms with Crippen molar-refractivity contribution in [1.82, 2.24) is 10.3 Å². The normalized spacial score (nSPS) is 10.6. The lowest BCUT2D eigenvalue weighted by Gasteiger charge is -1.99. The van der Waals surface area contributed by atoms with Crippen molar-refractivity contribution in [2.75, 3.05) is 0 Å². The highest BCUT2D eigenvalue weighted by Crippen LogP contribution is 2.14. The SMILES string of the molecule is Cc1nc(CNCc2cc(C(N)=O)cs2)cs1. The van der Waals surface area contributed by atoms with Crippen LogP contribution in [-0.2, 0) is 13.1 Å². The van der Waals surface area contributed by atoms with Crippen LogP contribution in [0.4, 0.5) is 0 Å². The minimum Gasteiger partial charge on any atom is -0.366 e. The number of carbonyl (C=O) groups excluding carboxylic acids is 1. The number of nitrogens with zero attached hydrogens (tertiary/aromatic N) is 1. The van der Waals surface area contributed by atoms with Crippen LogP contribution in [0.2, 0.25) is 0 Å². The summed E-state index contributed by atoms with van der Waals surface area (Å²) in [5.41, 5.74) is 6.82. The fraction of sp³-hybridized carbons (Fsp3) is 0.273. The summed E-state index contributed by atoms with van der Waals surface area (Å²) >= 11 is 3.19. The topological polar surface area (TPSA) is 68.0 Å². The minimum absolute atomic E-state index is 0.373. The Bertz CT molecular complexity index is 518. The largest absolute Gasteiger partial charge is 0.366 e. The summed E-state index contributed by atoms with van der Waals surface area (Å²) in [6.07, 6.45) is 0. The lowest BCUT2D eigenvalue weighted by Crippen LogP contribution is -2.12. The highest BCUT2D eigenvalue weighted by atomic mass is 32.1. The number of hydrogen-bond donors (Lipinski definition) is 2. The Morgan fingerprint density at radius 3 is 2.82 bits per heavy atom. The molecular formula is C11H13N3OS2. The number of rotatable bonds is 5. The van der Waals surface area contributed by atoms with E-state index in [1.165, 1.54) is 11.3 Å². The van der Waals surface area contributed by atoms with Gasteiger partial charge in [0.05, 0.1) is 16.3 Å².